The van der Waals surface area contributed by atoms with Gasteiger partial charge in [-0.15, -0.1) is 0 Å². The number of carbonyl (C=O) groups excluding carboxylic acids is 2. The van der Waals surface area contributed by atoms with Gasteiger partial charge in [0, 0.05) is 41.8 Å². The Kier molecular flexibility index (Phi) is 6.63. The maximum atomic E-state index is 14.0. The summed E-state index contributed by atoms with van der Waals surface area (Å²) in [6, 6.07) is 4.82. The number of halogens is 2. The Balaban J connectivity index is 1.37. The van der Waals surface area contributed by atoms with E-state index in [4.69, 9.17) is 9.51 Å². The Bertz CT molecular complexity index is 1140. The van der Waals surface area contributed by atoms with Crippen molar-refractivity contribution in [3.63, 3.8) is 0 Å². The van der Waals surface area contributed by atoms with Crippen molar-refractivity contribution >= 4 is 33.3 Å². The summed E-state index contributed by atoms with van der Waals surface area (Å²) in [4.78, 5) is 32.3. The molecule has 0 N–H and O–H groups in total. The summed E-state index contributed by atoms with van der Waals surface area (Å²) in [6.45, 7) is 6.89. The molecule has 1 heterocycles. The third-order valence-corrected chi connectivity index (χ3v) is 9.43. The van der Waals surface area contributed by atoms with Crippen molar-refractivity contribution in [3.05, 3.63) is 40.2 Å². The number of nitrogens with zero attached hydrogens (tertiary/aromatic N) is 3. The van der Waals surface area contributed by atoms with Crippen LogP contribution in [0.2, 0.25) is 0 Å². The number of ketones is 1. The van der Waals surface area contributed by atoms with Gasteiger partial charge in [0.15, 0.2) is 5.82 Å². The Morgan fingerprint density at radius 3 is 2.33 bits per heavy atom. The lowest BCUT2D eigenvalue weighted by molar-refractivity contribution is -0.127. The second kappa shape index (κ2) is 9.34. The van der Waals surface area contributed by atoms with Gasteiger partial charge in [-0.2, -0.15) is 4.98 Å². The van der Waals surface area contributed by atoms with Crippen LogP contribution in [0.15, 0.2) is 27.2 Å². The summed E-state index contributed by atoms with van der Waals surface area (Å²) in [7, 11) is 0. The Labute approximate surface area is 220 Å². The molecule has 1 amide bonds. The molecule has 1 aromatic carbocycles. The van der Waals surface area contributed by atoms with Crippen molar-refractivity contribution in [2.75, 3.05) is 11.4 Å². The van der Waals surface area contributed by atoms with Gasteiger partial charge >= 0.3 is 0 Å². The molecule has 0 saturated heterocycles. The molecule has 36 heavy (non-hydrogen) atoms. The molecule has 4 aliphatic carbocycles. The van der Waals surface area contributed by atoms with Crippen LogP contribution < -0.4 is 4.90 Å². The first kappa shape index (κ1) is 25.6. The third kappa shape index (κ3) is 4.77. The highest BCUT2D eigenvalue weighted by Gasteiger charge is 2.53. The number of fused-ring (bicyclic) bond motifs is 3. The molecule has 6 rings (SSSR count). The SMILES string of the molecule is CC(C)(C)c1noc(C23CCC(CN(C(=O)C4CCC(=O)CC4)c4ccc(F)c(Br)c4)(CC2)CC3)n1. The van der Waals surface area contributed by atoms with Crippen LogP contribution in [0.25, 0.3) is 0 Å². The average molecular weight is 561 g/mol. The molecule has 4 saturated carbocycles. The molecule has 0 spiro atoms. The van der Waals surface area contributed by atoms with E-state index in [9.17, 15) is 14.0 Å². The number of rotatable bonds is 5. The van der Waals surface area contributed by atoms with Gasteiger partial charge in [0.25, 0.3) is 0 Å². The van der Waals surface area contributed by atoms with E-state index in [1.165, 1.54) is 6.07 Å². The highest BCUT2D eigenvalue weighted by molar-refractivity contribution is 9.10. The zero-order valence-corrected chi connectivity index (χ0v) is 23.0. The first-order valence-corrected chi connectivity index (χ1v) is 13.9. The van der Waals surface area contributed by atoms with Gasteiger partial charge in [-0.05, 0) is 90.9 Å². The van der Waals surface area contributed by atoms with Crippen molar-refractivity contribution in [1.82, 2.24) is 10.1 Å². The molecule has 0 aliphatic heterocycles. The van der Waals surface area contributed by atoms with Crippen LogP contribution >= 0.6 is 15.9 Å². The molecule has 0 atom stereocenters. The molecule has 2 aromatic rings. The van der Waals surface area contributed by atoms with Crippen molar-refractivity contribution in [3.8, 4) is 0 Å². The van der Waals surface area contributed by atoms with Crippen LogP contribution in [-0.2, 0) is 20.4 Å². The summed E-state index contributed by atoms with van der Waals surface area (Å²) >= 11 is 3.30. The lowest BCUT2D eigenvalue weighted by Gasteiger charge is -2.53. The minimum atomic E-state index is -0.345. The van der Waals surface area contributed by atoms with Crippen LogP contribution in [0.4, 0.5) is 10.1 Å². The fourth-order valence-corrected chi connectivity index (χ4v) is 6.62. The van der Waals surface area contributed by atoms with Crippen LogP contribution in [0.1, 0.15) is 96.7 Å². The van der Waals surface area contributed by atoms with E-state index < -0.39 is 0 Å². The fraction of sp³-hybridized carbons (Fsp3) is 0.643. The molecule has 2 bridgehead atoms. The highest BCUT2D eigenvalue weighted by atomic mass is 79.9. The van der Waals surface area contributed by atoms with Gasteiger partial charge < -0.3 is 9.42 Å². The summed E-state index contributed by atoms with van der Waals surface area (Å²) in [5.74, 6) is 1.30. The maximum absolute atomic E-state index is 14.0. The second-order valence-corrected chi connectivity index (χ2v) is 13.1. The van der Waals surface area contributed by atoms with Crippen LogP contribution in [-0.4, -0.2) is 28.4 Å². The second-order valence-electron chi connectivity index (χ2n) is 12.3. The number of hydrogen-bond donors (Lipinski definition) is 0. The normalized spacial score (nSPS) is 26.9. The van der Waals surface area contributed by atoms with Gasteiger partial charge in [-0.25, -0.2) is 4.39 Å². The molecule has 6 nitrogen and oxygen atoms in total. The number of benzene rings is 1. The largest absolute Gasteiger partial charge is 0.339 e. The summed E-state index contributed by atoms with van der Waals surface area (Å²) < 4.78 is 20.2. The van der Waals surface area contributed by atoms with Crippen LogP contribution in [0, 0.1) is 17.2 Å². The monoisotopic (exact) mass is 559 g/mol. The smallest absolute Gasteiger partial charge is 0.232 e. The zero-order valence-electron chi connectivity index (χ0n) is 21.4. The molecule has 194 valence electrons. The highest BCUT2D eigenvalue weighted by Crippen LogP contribution is 2.58. The van der Waals surface area contributed by atoms with Crippen LogP contribution in [0.5, 0.6) is 0 Å². The number of Topliss-reactive ketones (excluding diaryl/α,β-unsaturated/α-hetero) is 1. The van der Waals surface area contributed by atoms with Crippen molar-refractivity contribution in [1.29, 1.82) is 0 Å². The van der Waals surface area contributed by atoms with Crippen molar-refractivity contribution < 1.29 is 18.5 Å². The third-order valence-electron chi connectivity index (χ3n) is 8.82. The molecule has 8 heteroatoms. The van der Waals surface area contributed by atoms with E-state index >= 15 is 0 Å². The number of aromatic nitrogens is 2. The van der Waals surface area contributed by atoms with E-state index in [0.717, 1.165) is 50.2 Å². The molecule has 0 unspecified atom stereocenters. The lowest BCUT2D eigenvalue weighted by atomic mass is 9.53. The van der Waals surface area contributed by atoms with Crippen LogP contribution in [0.3, 0.4) is 0 Å². The molecule has 4 fully saturated rings. The van der Waals surface area contributed by atoms with E-state index in [1.807, 2.05) is 4.90 Å². The molecule has 0 radical (unpaired) electrons. The number of hydrogen-bond acceptors (Lipinski definition) is 5. The maximum Gasteiger partial charge on any atom is 0.232 e. The Morgan fingerprint density at radius 2 is 1.78 bits per heavy atom. The standard InChI is InChI=1S/C28H35BrFN3O3/c1-26(2,3)24-31-25(36-32-24)28-13-10-27(11-14-28,12-15-28)17-33(19-6-9-22(30)21(29)16-19)23(35)18-4-7-20(34)8-5-18/h6,9,16,18H,4-5,7-8,10-15,17H2,1-3H3. The average Bonchev–Trinajstić information content (AvgIpc) is 3.38. The zero-order chi connectivity index (χ0) is 25.7. The van der Waals surface area contributed by atoms with E-state index in [1.54, 1.807) is 12.1 Å². The van der Waals surface area contributed by atoms with Gasteiger partial charge in [0.1, 0.15) is 11.6 Å². The molecule has 4 aliphatic rings. The quantitative estimate of drug-likeness (QED) is 0.409. The van der Waals surface area contributed by atoms with E-state index in [-0.39, 0.29) is 39.7 Å². The Morgan fingerprint density at radius 1 is 1.14 bits per heavy atom. The summed E-state index contributed by atoms with van der Waals surface area (Å²) in [5.41, 5.74) is 0.499. The van der Waals surface area contributed by atoms with E-state index in [0.29, 0.717) is 42.4 Å². The minimum absolute atomic E-state index is 0.00956. The molecule has 1 aromatic heterocycles. The van der Waals surface area contributed by atoms with E-state index in [2.05, 4.69) is 41.9 Å². The van der Waals surface area contributed by atoms with Crippen molar-refractivity contribution in [2.45, 2.75) is 95.8 Å². The van der Waals surface area contributed by atoms with Gasteiger partial charge in [-0.1, -0.05) is 25.9 Å². The predicted octanol–water partition coefficient (Wildman–Crippen LogP) is 6.65. The summed E-state index contributed by atoms with van der Waals surface area (Å²) in [5, 5.41) is 4.28. The van der Waals surface area contributed by atoms with Crippen molar-refractivity contribution in [2.24, 2.45) is 11.3 Å². The van der Waals surface area contributed by atoms with Gasteiger partial charge in [0.05, 0.1) is 4.47 Å². The first-order valence-electron chi connectivity index (χ1n) is 13.1. The summed E-state index contributed by atoms with van der Waals surface area (Å²) in [6.07, 6.45) is 7.96. The fourth-order valence-electron chi connectivity index (χ4n) is 6.26. The molecular formula is C28H35BrFN3O3. The minimum Gasteiger partial charge on any atom is -0.339 e. The lowest BCUT2D eigenvalue weighted by Crippen LogP contribution is -2.51. The topological polar surface area (TPSA) is 76.3 Å². The van der Waals surface area contributed by atoms with Gasteiger partial charge in [-0.3, -0.25) is 9.59 Å². The number of carbonyl (C=O) groups is 2. The molecular weight excluding hydrogens is 525 g/mol. The first-order chi connectivity index (χ1) is 17.0. The number of amides is 1. The van der Waals surface area contributed by atoms with Gasteiger partial charge in [0.2, 0.25) is 11.8 Å². The predicted molar refractivity (Wildman–Crippen MR) is 138 cm³/mol. The number of anilines is 1. The Hall–Kier alpha value is -2.09.